The predicted molar refractivity (Wildman–Crippen MR) is 98.8 cm³/mol. The fourth-order valence-corrected chi connectivity index (χ4v) is 2.09. The number of rotatable bonds is 3. The summed E-state index contributed by atoms with van der Waals surface area (Å²) < 4.78 is 0. The number of benzene rings is 1. The fourth-order valence-electron chi connectivity index (χ4n) is 2.09. The van der Waals surface area contributed by atoms with Gasteiger partial charge in [0.15, 0.2) is 0 Å². The molecule has 0 atom stereocenters. The molecule has 135 valence electrons. The summed E-state index contributed by atoms with van der Waals surface area (Å²) in [6.45, 7) is 3.37. The van der Waals surface area contributed by atoms with Crippen molar-refractivity contribution in [3.05, 3.63) is 48.8 Å². The number of aromatic nitrogens is 2. The van der Waals surface area contributed by atoms with Gasteiger partial charge in [0.25, 0.3) is 0 Å². The van der Waals surface area contributed by atoms with Gasteiger partial charge in [-0.25, -0.2) is 0 Å². The Bertz CT molecular complexity index is 806. The van der Waals surface area contributed by atoms with Gasteiger partial charge in [0, 0.05) is 23.2 Å². The average molecular weight is 410 g/mol. The zero-order valence-electron chi connectivity index (χ0n) is 14.4. The van der Waals surface area contributed by atoms with Crippen LogP contribution in [0, 0.1) is 0 Å². The third-order valence-electron chi connectivity index (χ3n) is 3.11. The second-order valence-electron chi connectivity index (χ2n) is 5.02. The second kappa shape index (κ2) is 12.2. The van der Waals surface area contributed by atoms with Gasteiger partial charge < -0.3 is 20.2 Å². The van der Waals surface area contributed by atoms with Gasteiger partial charge in [0.1, 0.15) is 0 Å². The number of hydrogen-bond acceptors (Lipinski definition) is 6. The van der Waals surface area contributed by atoms with Gasteiger partial charge in [0.2, 0.25) is 0 Å². The Morgan fingerprint density at radius 1 is 0.846 bits per heavy atom. The zero-order chi connectivity index (χ0) is 19.4. The first-order valence-corrected chi connectivity index (χ1v) is 9.43. The number of pyridine rings is 2. The molecule has 0 aliphatic rings. The van der Waals surface area contributed by atoms with E-state index >= 15 is 0 Å². The molecule has 3 rings (SSSR count). The monoisotopic (exact) mass is 409 g/mol. The Morgan fingerprint density at radius 3 is 1.58 bits per heavy atom. The van der Waals surface area contributed by atoms with Crippen molar-refractivity contribution >= 4 is 43.7 Å². The Balaban J connectivity index is 0.000000252. The maximum atomic E-state index is 10.2. The van der Waals surface area contributed by atoms with Crippen molar-refractivity contribution in [3.63, 3.8) is 0 Å². The molecule has 2 aromatic heterocycles. The molecular weight excluding hydrogens is 392 g/mol. The molecule has 0 saturated heterocycles. The minimum atomic E-state index is -0.223. The van der Waals surface area contributed by atoms with Crippen molar-refractivity contribution in [3.8, 4) is 0 Å². The Hall–Kier alpha value is -2.20. The summed E-state index contributed by atoms with van der Waals surface area (Å²) in [5.74, 6) is -0.447. The van der Waals surface area contributed by atoms with Crippen molar-refractivity contribution in [2.75, 3.05) is 13.1 Å². The molecule has 0 aliphatic heterocycles. The van der Waals surface area contributed by atoms with E-state index in [1.54, 1.807) is 12.4 Å². The van der Waals surface area contributed by atoms with Crippen LogP contribution in [0.1, 0.15) is 13.8 Å². The van der Waals surface area contributed by atoms with Crippen LogP contribution in [-0.2, 0) is 15.4 Å². The number of fused-ring (bicyclic) bond motifs is 3. The van der Waals surface area contributed by atoms with Crippen LogP contribution in [0.15, 0.2) is 58.8 Å². The summed E-state index contributed by atoms with van der Waals surface area (Å²) in [5, 5.41) is 22.7. The third-order valence-corrected chi connectivity index (χ3v) is 3.11. The normalized spacial score (nSPS) is 11.3. The molecule has 1 aromatic carbocycles. The quantitative estimate of drug-likeness (QED) is 0.286. The van der Waals surface area contributed by atoms with Crippen molar-refractivity contribution in [1.29, 1.82) is 0 Å². The van der Waals surface area contributed by atoms with Gasteiger partial charge in [0.05, 0.1) is 24.1 Å². The van der Waals surface area contributed by atoms with Crippen molar-refractivity contribution in [2.45, 2.75) is 13.8 Å². The van der Waals surface area contributed by atoms with Gasteiger partial charge in [-0.15, -0.1) is 0 Å². The first kappa shape index (κ1) is 21.8. The Morgan fingerprint density at radius 2 is 1.23 bits per heavy atom. The summed E-state index contributed by atoms with van der Waals surface area (Å²) in [5.41, 5.74) is 1.95. The van der Waals surface area contributed by atoms with Gasteiger partial charge in [-0.2, -0.15) is 0 Å². The molecule has 3 aromatic rings. The van der Waals surface area contributed by atoms with Crippen LogP contribution in [0.25, 0.3) is 21.8 Å². The van der Waals surface area contributed by atoms with E-state index in [-0.39, 0.29) is 11.8 Å². The molecular formula is C18H18ClCrN4O2. The maximum Gasteiger partial charge on any atom is 0.0964 e. The molecule has 0 unspecified atom stereocenters. The molecule has 26 heavy (non-hydrogen) atoms. The molecule has 0 spiro atoms. The molecule has 0 saturated carbocycles. The van der Waals surface area contributed by atoms with Gasteiger partial charge >= 0.3 is 25.4 Å². The molecule has 0 radical (unpaired) electrons. The van der Waals surface area contributed by atoms with Crippen molar-refractivity contribution in [1.82, 2.24) is 9.97 Å². The number of halogens is 1. The summed E-state index contributed by atoms with van der Waals surface area (Å²) in [6, 6.07) is 12.1. The number of hydrogen-bond donors (Lipinski definition) is 0. The summed E-state index contributed by atoms with van der Waals surface area (Å²) in [6.07, 6.45) is 3.60. The summed E-state index contributed by atoms with van der Waals surface area (Å²) in [7, 11) is 4.51. The van der Waals surface area contributed by atoms with Crippen LogP contribution in [0.3, 0.4) is 0 Å². The van der Waals surface area contributed by atoms with Crippen LogP contribution >= 0.6 is 10.0 Å². The fraction of sp³-hybridized carbons (Fsp3) is 0.222. The molecule has 8 heteroatoms. The van der Waals surface area contributed by atoms with E-state index in [0.717, 1.165) is 21.8 Å². The van der Waals surface area contributed by atoms with Crippen LogP contribution in [-0.4, -0.2) is 34.9 Å². The van der Waals surface area contributed by atoms with Gasteiger partial charge in [-0.05, 0) is 37.8 Å². The number of aliphatic imine (C=N–C) groups is 2. The maximum absolute atomic E-state index is 10.2. The van der Waals surface area contributed by atoms with Crippen LogP contribution < -0.4 is 10.2 Å². The van der Waals surface area contributed by atoms with Crippen LogP contribution in [0.4, 0.5) is 0 Å². The van der Waals surface area contributed by atoms with Gasteiger partial charge in [-0.1, -0.05) is 24.3 Å². The third kappa shape index (κ3) is 7.36. The first-order valence-electron chi connectivity index (χ1n) is 7.68. The van der Waals surface area contributed by atoms with E-state index < -0.39 is 0 Å². The summed E-state index contributed by atoms with van der Waals surface area (Å²) in [4.78, 5) is 15.7. The SMILES string of the molecule is CC([O-])=NCCN=C(C)[O-].[Cl][Cr+2].c1cnc2c(c1)ccc1cccnc12. The largest absolute Gasteiger partial charge is 0.254 e. The average Bonchev–Trinajstić information content (AvgIpc) is 2.67. The number of nitrogens with zero attached hydrogens (tertiary/aromatic N) is 4. The van der Waals surface area contributed by atoms with Crippen molar-refractivity contribution < 1.29 is 25.6 Å². The van der Waals surface area contributed by atoms with Crippen LogP contribution in [0.2, 0.25) is 0 Å². The molecule has 0 bridgehead atoms. The minimum Gasteiger partial charge on any atom is -0.254 e. The topological polar surface area (TPSA) is 96.6 Å². The second-order valence-corrected chi connectivity index (χ2v) is 5.02. The summed E-state index contributed by atoms with van der Waals surface area (Å²) >= 11 is 2.10. The standard InChI is InChI=1S/C12H8N2.C6H12N2O2.ClH.Cr/c1-3-9-5-6-10-4-2-8-14-12(10)11(9)13-7-1;1-5(9)7-3-4-8-6(2)10;;/h1-8H;3-4H2,1-2H3,(H,7,9)(H,8,10);1H;/q;;;+3/p-3. The first-order chi connectivity index (χ1) is 12.6. The molecule has 0 aliphatic carbocycles. The van der Waals surface area contributed by atoms with Crippen molar-refractivity contribution in [2.24, 2.45) is 9.98 Å². The van der Waals surface area contributed by atoms with E-state index in [1.807, 2.05) is 12.1 Å². The van der Waals surface area contributed by atoms with Crippen LogP contribution in [0.5, 0.6) is 0 Å². The Labute approximate surface area is 164 Å². The molecule has 0 N–H and O–H groups in total. The van der Waals surface area contributed by atoms with Gasteiger partial charge in [-0.3, -0.25) is 9.97 Å². The molecule has 0 fully saturated rings. The van der Waals surface area contributed by atoms with E-state index in [9.17, 15) is 10.2 Å². The molecule has 0 amide bonds. The molecule has 2 heterocycles. The molecule has 6 nitrogen and oxygen atoms in total. The van der Waals surface area contributed by atoms with E-state index in [4.69, 9.17) is 0 Å². The van der Waals surface area contributed by atoms with E-state index in [2.05, 4.69) is 69.6 Å². The zero-order valence-corrected chi connectivity index (χ0v) is 16.5. The minimum absolute atomic E-state index is 0.223. The smallest absolute Gasteiger partial charge is 0.0964 e. The van der Waals surface area contributed by atoms with E-state index in [1.165, 1.54) is 13.8 Å². The Kier molecular flexibility index (Phi) is 10.3. The predicted octanol–water partition coefficient (Wildman–Crippen LogP) is 2.01. The van der Waals surface area contributed by atoms with E-state index in [0.29, 0.717) is 13.1 Å².